The Bertz CT molecular complexity index is 423. The summed E-state index contributed by atoms with van der Waals surface area (Å²) in [6, 6.07) is 0. The van der Waals surface area contributed by atoms with Crippen molar-refractivity contribution in [1.29, 1.82) is 0 Å². The second-order valence-corrected chi connectivity index (χ2v) is 6.59. The van der Waals surface area contributed by atoms with Crippen LogP contribution in [-0.4, -0.2) is 40.8 Å². The van der Waals surface area contributed by atoms with E-state index in [2.05, 4.69) is 6.13 Å². The Morgan fingerprint density at radius 1 is 0.696 bits per heavy atom. The van der Waals surface area contributed by atoms with E-state index in [0.717, 1.165) is 0 Å². The molecule has 0 aromatic heterocycles. The molecule has 0 aliphatic carbocycles. The summed E-state index contributed by atoms with van der Waals surface area (Å²) < 4.78 is 135. The molecule has 138 valence electrons. The number of carbonyl (C=O) groups excluding carboxylic acids is 2. The second-order valence-electron chi connectivity index (χ2n) is 3.34. The van der Waals surface area contributed by atoms with Gasteiger partial charge in [0.25, 0.3) is 0 Å². The zero-order valence-corrected chi connectivity index (χ0v) is 12.0. The molecule has 0 rings (SSSR count). The van der Waals surface area contributed by atoms with Gasteiger partial charge in [-0.3, -0.25) is 0 Å². The minimum absolute atomic E-state index is 2.84. The predicted octanol–water partition coefficient (Wildman–Crippen LogP) is 3.73. The molecule has 16 heteroatoms. The molecular weight excluding hydrogens is 484 g/mol. The molecule has 0 atom stereocenters. The summed E-state index contributed by atoms with van der Waals surface area (Å²) in [7, 11) is 0. The van der Waals surface area contributed by atoms with Gasteiger partial charge in [-0.1, -0.05) is 0 Å². The summed E-state index contributed by atoms with van der Waals surface area (Å²) in [5.74, 6) is -12.6. The zero-order chi connectivity index (χ0) is 18.9. The van der Waals surface area contributed by atoms with Gasteiger partial charge in [0, 0.05) is 0 Å². The molecule has 0 aromatic rings. The number of alkyl halides is 12. The number of carbonyl (C=O) groups is 2. The Hall–Kier alpha value is -1.10. The summed E-state index contributed by atoms with van der Waals surface area (Å²) in [5, 5.41) is 0. The van der Waals surface area contributed by atoms with E-state index in [-0.39, 0.29) is 0 Å². The predicted molar refractivity (Wildman–Crippen MR) is 54.2 cm³/mol. The molecule has 0 aromatic carbocycles. The van der Waals surface area contributed by atoms with Crippen LogP contribution in [0.25, 0.3) is 0 Å². The van der Waals surface area contributed by atoms with Crippen LogP contribution in [0, 0.1) is 0 Å². The first kappa shape index (κ1) is 21.9. The molecule has 0 saturated carbocycles. The third-order valence-electron chi connectivity index (χ3n) is 1.47. The monoisotopic (exact) mass is 486 g/mol. The van der Waals surface area contributed by atoms with Crippen molar-refractivity contribution in [2.24, 2.45) is 0 Å². The van der Waals surface area contributed by atoms with Crippen LogP contribution < -0.4 is 0 Å². The SMILES string of the molecule is O=C(OI(CC(F)(F)C(F)(F)F)OC(=O)C(F)(F)F)C(F)(F)F. The third-order valence-corrected chi connectivity index (χ3v) is 4.83. The van der Waals surface area contributed by atoms with Crippen LogP contribution in [0.3, 0.4) is 0 Å². The van der Waals surface area contributed by atoms with Gasteiger partial charge in [0.2, 0.25) is 0 Å². The first-order valence-corrected chi connectivity index (χ1v) is 7.86. The van der Waals surface area contributed by atoms with Crippen molar-refractivity contribution in [3.63, 3.8) is 0 Å². The van der Waals surface area contributed by atoms with Crippen LogP contribution in [0.15, 0.2) is 0 Å². The van der Waals surface area contributed by atoms with E-state index in [9.17, 15) is 57.9 Å². The molecule has 0 bridgehead atoms. The first-order valence-electron chi connectivity index (χ1n) is 4.57. The molecule has 0 N–H and O–H groups in total. The second kappa shape index (κ2) is 6.80. The fourth-order valence-electron chi connectivity index (χ4n) is 0.527. The van der Waals surface area contributed by atoms with Gasteiger partial charge in [-0.05, 0) is 0 Å². The van der Waals surface area contributed by atoms with Crippen LogP contribution in [0.4, 0.5) is 48.3 Å². The molecule has 0 radical (unpaired) electrons. The van der Waals surface area contributed by atoms with E-state index in [0.29, 0.717) is 0 Å². The molecule has 0 amide bonds. The van der Waals surface area contributed by atoms with Gasteiger partial charge in [0.1, 0.15) is 0 Å². The Kier molecular flexibility index (Phi) is 6.47. The maximum atomic E-state index is 12.6. The fourth-order valence-corrected chi connectivity index (χ4v) is 3.53. The van der Waals surface area contributed by atoms with E-state index in [1.165, 1.54) is 0 Å². The topological polar surface area (TPSA) is 52.6 Å². The van der Waals surface area contributed by atoms with Crippen molar-refractivity contribution in [2.75, 3.05) is 4.43 Å². The normalized spacial score (nSPS) is 14.3. The van der Waals surface area contributed by atoms with Gasteiger partial charge in [-0.25, -0.2) is 0 Å². The van der Waals surface area contributed by atoms with Crippen LogP contribution >= 0.6 is 20.6 Å². The molecule has 23 heavy (non-hydrogen) atoms. The molecular formula is C7H2F11IO4. The molecule has 0 unspecified atom stereocenters. The summed E-state index contributed by atoms with van der Waals surface area (Å²) in [4.78, 5) is 20.7. The van der Waals surface area contributed by atoms with Crippen LogP contribution in [-0.2, 0) is 15.7 Å². The van der Waals surface area contributed by atoms with E-state index in [1.54, 1.807) is 0 Å². The first-order chi connectivity index (χ1) is 9.88. The van der Waals surface area contributed by atoms with Gasteiger partial charge in [-0.2, -0.15) is 0 Å². The van der Waals surface area contributed by atoms with E-state index in [1.807, 2.05) is 0 Å². The average Bonchev–Trinajstić information content (AvgIpc) is 2.23. The van der Waals surface area contributed by atoms with Crippen LogP contribution in [0.1, 0.15) is 0 Å². The third kappa shape index (κ3) is 6.90. The van der Waals surface area contributed by atoms with Crippen molar-refractivity contribution in [1.82, 2.24) is 0 Å². The van der Waals surface area contributed by atoms with Gasteiger partial charge in [-0.15, -0.1) is 0 Å². The summed E-state index contributed by atoms with van der Waals surface area (Å²) in [6.45, 7) is 0. The summed E-state index contributed by atoms with van der Waals surface area (Å²) in [5.41, 5.74) is 0. The number of hydrogen-bond acceptors (Lipinski definition) is 4. The zero-order valence-electron chi connectivity index (χ0n) is 9.88. The van der Waals surface area contributed by atoms with Crippen LogP contribution in [0.2, 0.25) is 0 Å². The molecule has 0 heterocycles. The number of rotatable bonds is 4. The van der Waals surface area contributed by atoms with E-state index in [4.69, 9.17) is 0 Å². The van der Waals surface area contributed by atoms with Crippen LogP contribution in [0.5, 0.6) is 0 Å². The summed E-state index contributed by atoms with van der Waals surface area (Å²) >= 11 is -5.59. The van der Waals surface area contributed by atoms with Gasteiger partial charge >= 0.3 is 125 Å². The fraction of sp³-hybridized carbons (Fsp3) is 0.714. The minimum atomic E-state index is -6.38. The Balaban J connectivity index is 5.32. The van der Waals surface area contributed by atoms with Crippen molar-refractivity contribution in [3.05, 3.63) is 0 Å². The van der Waals surface area contributed by atoms with Gasteiger partial charge in [0.05, 0.1) is 0 Å². The quantitative estimate of drug-likeness (QED) is 0.346. The van der Waals surface area contributed by atoms with Gasteiger partial charge in [0.15, 0.2) is 0 Å². The van der Waals surface area contributed by atoms with Crippen molar-refractivity contribution < 1.29 is 64.0 Å². The molecule has 0 saturated heterocycles. The average molecular weight is 486 g/mol. The number of hydrogen-bond donors (Lipinski definition) is 0. The Morgan fingerprint density at radius 2 is 1.00 bits per heavy atom. The van der Waals surface area contributed by atoms with E-state index < -0.39 is 61.5 Å². The molecule has 0 aliphatic heterocycles. The maximum absolute atomic E-state index is 12.6. The van der Waals surface area contributed by atoms with Crippen molar-refractivity contribution in [3.8, 4) is 0 Å². The molecule has 0 aliphatic rings. The molecule has 0 spiro atoms. The molecule has 0 fully saturated rings. The van der Waals surface area contributed by atoms with Gasteiger partial charge < -0.3 is 0 Å². The molecule has 4 nitrogen and oxygen atoms in total. The summed E-state index contributed by atoms with van der Waals surface area (Å²) in [6.07, 6.45) is -18.2. The van der Waals surface area contributed by atoms with Crippen molar-refractivity contribution >= 4 is 32.6 Å². The Labute approximate surface area is 126 Å². The standard InChI is InChI=1S/C7H2F11IO4/c8-4(9,7(16,17)18)1-19(22-2(20)5(10,11)12)23-3(21)6(13,14)15/h1H2. The number of halogens is 12. The Morgan fingerprint density at radius 3 is 1.22 bits per heavy atom. The van der Waals surface area contributed by atoms with E-state index >= 15 is 0 Å². The van der Waals surface area contributed by atoms with Crippen molar-refractivity contribution in [2.45, 2.75) is 24.5 Å².